The first-order chi connectivity index (χ1) is 6.93. The predicted octanol–water partition coefficient (Wildman–Crippen LogP) is 2.05. The van der Waals surface area contributed by atoms with Crippen LogP contribution in [0.2, 0.25) is 0 Å². The fraction of sp³-hybridized carbons (Fsp3) is 0.750. The Morgan fingerprint density at radius 2 is 2.33 bits per heavy atom. The number of carbonyl (C=O) groups excluding carboxylic acids is 1. The summed E-state index contributed by atoms with van der Waals surface area (Å²) in [6.07, 6.45) is 3.72. The standard InChI is InChI=1S/C12H20O3/c1-9(2)11(13)15-8-4-5-10-6-7-12(10,3)14/h10,14H,1,4-8H2,2-3H3. The molecular weight excluding hydrogens is 192 g/mol. The molecular formula is C12H20O3. The smallest absolute Gasteiger partial charge is 0.333 e. The van der Waals surface area contributed by atoms with Crippen LogP contribution < -0.4 is 0 Å². The third-order valence-corrected chi connectivity index (χ3v) is 3.16. The normalized spacial score (nSPS) is 29.4. The number of hydrogen-bond donors (Lipinski definition) is 1. The van der Waals surface area contributed by atoms with Crippen molar-refractivity contribution in [3.63, 3.8) is 0 Å². The van der Waals surface area contributed by atoms with Gasteiger partial charge in [-0.2, -0.15) is 0 Å². The lowest BCUT2D eigenvalue weighted by Gasteiger charge is -2.42. The number of ether oxygens (including phenoxy) is 1. The first-order valence-corrected chi connectivity index (χ1v) is 5.48. The van der Waals surface area contributed by atoms with Gasteiger partial charge in [0.05, 0.1) is 12.2 Å². The van der Waals surface area contributed by atoms with Gasteiger partial charge < -0.3 is 9.84 Å². The lowest BCUT2D eigenvalue weighted by atomic mass is 9.69. The van der Waals surface area contributed by atoms with Crippen molar-refractivity contribution in [2.24, 2.45) is 5.92 Å². The fourth-order valence-corrected chi connectivity index (χ4v) is 1.84. The summed E-state index contributed by atoms with van der Waals surface area (Å²) < 4.78 is 4.97. The summed E-state index contributed by atoms with van der Waals surface area (Å²) in [6.45, 7) is 7.45. The van der Waals surface area contributed by atoms with Crippen molar-refractivity contribution in [1.82, 2.24) is 0 Å². The molecule has 0 radical (unpaired) electrons. The van der Waals surface area contributed by atoms with Crippen LogP contribution in [0.15, 0.2) is 12.2 Å². The Hall–Kier alpha value is -0.830. The van der Waals surface area contributed by atoms with Crippen molar-refractivity contribution in [3.05, 3.63) is 12.2 Å². The third kappa shape index (κ3) is 3.34. The Morgan fingerprint density at radius 1 is 1.67 bits per heavy atom. The van der Waals surface area contributed by atoms with Crippen molar-refractivity contribution in [2.45, 2.75) is 45.1 Å². The van der Waals surface area contributed by atoms with Gasteiger partial charge in [0.2, 0.25) is 0 Å². The first kappa shape index (κ1) is 12.2. The zero-order chi connectivity index (χ0) is 11.5. The fourth-order valence-electron chi connectivity index (χ4n) is 1.84. The lowest BCUT2D eigenvalue weighted by Crippen LogP contribution is -2.44. The van der Waals surface area contributed by atoms with Gasteiger partial charge in [-0.25, -0.2) is 4.79 Å². The van der Waals surface area contributed by atoms with E-state index in [1.807, 2.05) is 6.92 Å². The molecule has 1 N–H and O–H groups in total. The molecule has 0 amide bonds. The summed E-state index contributed by atoms with van der Waals surface area (Å²) in [6, 6.07) is 0. The zero-order valence-electron chi connectivity index (χ0n) is 9.58. The molecule has 0 aliphatic heterocycles. The maximum atomic E-state index is 11.0. The molecule has 0 saturated heterocycles. The lowest BCUT2D eigenvalue weighted by molar-refractivity contribution is -0.139. The van der Waals surface area contributed by atoms with Crippen molar-refractivity contribution in [1.29, 1.82) is 0 Å². The van der Waals surface area contributed by atoms with Crippen LogP contribution in [0, 0.1) is 5.92 Å². The minimum atomic E-state index is -0.488. The van der Waals surface area contributed by atoms with Crippen LogP contribution in [0.3, 0.4) is 0 Å². The van der Waals surface area contributed by atoms with Gasteiger partial charge in [0, 0.05) is 5.57 Å². The quantitative estimate of drug-likeness (QED) is 0.431. The highest BCUT2D eigenvalue weighted by molar-refractivity contribution is 5.86. The average molecular weight is 212 g/mol. The van der Waals surface area contributed by atoms with Gasteiger partial charge >= 0.3 is 5.97 Å². The Balaban J connectivity index is 2.07. The Labute approximate surface area is 91.1 Å². The molecule has 0 bridgehead atoms. The molecule has 86 valence electrons. The highest BCUT2D eigenvalue weighted by atomic mass is 16.5. The van der Waals surface area contributed by atoms with Crippen molar-refractivity contribution < 1.29 is 14.6 Å². The van der Waals surface area contributed by atoms with E-state index >= 15 is 0 Å². The van der Waals surface area contributed by atoms with E-state index in [0.717, 1.165) is 25.7 Å². The molecule has 1 rings (SSSR count). The van der Waals surface area contributed by atoms with Crippen LogP contribution in [-0.4, -0.2) is 23.3 Å². The van der Waals surface area contributed by atoms with E-state index in [4.69, 9.17) is 4.74 Å². The minimum absolute atomic E-state index is 0.324. The highest BCUT2D eigenvalue weighted by Gasteiger charge is 2.39. The largest absolute Gasteiger partial charge is 0.462 e. The Kier molecular flexibility index (Phi) is 3.91. The highest BCUT2D eigenvalue weighted by Crippen LogP contribution is 2.40. The summed E-state index contributed by atoms with van der Waals surface area (Å²) in [5, 5.41) is 9.75. The van der Waals surface area contributed by atoms with E-state index in [0.29, 0.717) is 18.1 Å². The minimum Gasteiger partial charge on any atom is -0.462 e. The molecule has 1 aliphatic rings. The van der Waals surface area contributed by atoms with Gasteiger partial charge in [-0.05, 0) is 45.4 Å². The Morgan fingerprint density at radius 3 is 2.73 bits per heavy atom. The van der Waals surface area contributed by atoms with Gasteiger partial charge in [-0.3, -0.25) is 0 Å². The van der Waals surface area contributed by atoms with E-state index in [1.54, 1.807) is 6.92 Å². The monoisotopic (exact) mass is 212 g/mol. The Bertz CT molecular complexity index is 256. The number of carbonyl (C=O) groups is 1. The first-order valence-electron chi connectivity index (χ1n) is 5.48. The third-order valence-electron chi connectivity index (χ3n) is 3.16. The van der Waals surface area contributed by atoms with Crippen LogP contribution in [-0.2, 0) is 9.53 Å². The molecule has 2 unspecified atom stereocenters. The summed E-state index contributed by atoms with van der Waals surface area (Å²) in [4.78, 5) is 11.0. The maximum absolute atomic E-state index is 11.0. The summed E-state index contributed by atoms with van der Waals surface area (Å²) >= 11 is 0. The topological polar surface area (TPSA) is 46.5 Å². The SMILES string of the molecule is C=C(C)C(=O)OCCCC1CCC1(C)O. The van der Waals surface area contributed by atoms with Crippen molar-refractivity contribution in [2.75, 3.05) is 6.61 Å². The summed E-state index contributed by atoms with van der Waals surface area (Å²) in [7, 11) is 0. The second kappa shape index (κ2) is 4.79. The van der Waals surface area contributed by atoms with Gasteiger partial charge in [-0.1, -0.05) is 6.58 Å². The van der Waals surface area contributed by atoms with E-state index < -0.39 is 5.60 Å². The van der Waals surface area contributed by atoms with E-state index in [9.17, 15) is 9.90 Å². The van der Waals surface area contributed by atoms with Crippen LogP contribution in [0.1, 0.15) is 39.5 Å². The zero-order valence-corrected chi connectivity index (χ0v) is 9.58. The number of aliphatic hydroxyl groups is 1. The molecule has 0 heterocycles. The van der Waals surface area contributed by atoms with E-state index in [2.05, 4.69) is 6.58 Å². The maximum Gasteiger partial charge on any atom is 0.333 e. The van der Waals surface area contributed by atoms with Crippen LogP contribution in [0.25, 0.3) is 0 Å². The van der Waals surface area contributed by atoms with E-state index in [-0.39, 0.29) is 5.97 Å². The van der Waals surface area contributed by atoms with Crippen LogP contribution in [0.5, 0.6) is 0 Å². The average Bonchev–Trinajstić information content (AvgIpc) is 2.15. The van der Waals surface area contributed by atoms with Gasteiger partial charge in [-0.15, -0.1) is 0 Å². The van der Waals surface area contributed by atoms with E-state index in [1.165, 1.54) is 0 Å². The van der Waals surface area contributed by atoms with Crippen LogP contribution >= 0.6 is 0 Å². The van der Waals surface area contributed by atoms with Crippen LogP contribution in [0.4, 0.5) is 0 Å². The molecule has 1 aliphatic carbocycles. The molecule has 0 aromatic rings. The second-order valence-corrected chi connectivity index (χ2v) is 4.65. The molecule has 0 spiro atoms. The molecule has 0 aromatic heterocycles. The van der Waals surface area contributed by atoms with Gasteiger partial charge in [0.15, 0.2) is 0 Å². The number of hydrogen-bond acceptors (Lipinski definition) is 3. The molecule has 1 fully saturated rings. The molecule has 3 nitrogen and oxygen atoms in total. The second-order valence-electron chi connectivity index (χ2n) is 4.65. The summed E-state index contributed by atoms with van der Waals surface area (Å²) in [5.41, 5.74) is -0.0520. The van der Waals surface area contributed by atoms with Crippen molar-refractivity contribution >= 4 is 5.97 Å². The van der Waals surface area contributed by atoms with Gasteiger partial charge in [0.25, 0.3) is 0 Å². The number of rotatable bonds is 5. The summed E-state index contributed by atoms with van der Waals surface area (Å²) in [5.74, 6) is 0.0522. The molecule has 15 heavy (non-hydrogen) atoms. The number of esters is 1. The molecule has 0 aromatic carbocycles. The van der Waals surface area contributed by atoms with Gasteiger partial charge in [0.1, 0.15) is 0 Å². The molecule has 2 atom stereocenters. The van der Waals surface area contributed by atoms with Crippen molar-refractivity contribution in [3.8, 4) is 0 Å². The molecule has 3 heteroatoms. The predicted molar refractivity (Wildman–Crippen MR) is 58.4 cm³/mol. The molecule has 1 saturated carbocycles.